The van der Waals surface area contributed by atoms with Gasteiger partial charge in [0.1, 0.15) is 0 Å². The summed E-state index contributed by atoms with van der Waals surface area (Å²) in [7, 11) is 0. The van der Waals surface area contributed by atoms with Gasteiger partial charge in [-0.15, -0.1) is 0 Å². The molecule has 1 aromatic carbocycles. The molecule has 2 nitrogen and oxygen atoms in total. The highest BCUT2D eigenvalue weighted by Gasteiger charge is 2.31. The molecular formula is C13H17Br2NO. The fraction of sp³-hybridized carbons (Fsp3) is 0.538. The lowest BCUT2D eigenvalue weighted by atomic mass is 10.00. The Hall–Kier alpha value is -0.0600. The first kappa shape index (κ1) is 13.4. The Morgan fingerprint density at radius 1 is 1.41 bits per heavy atom. The zero-order valence-electron chi connectivity index (χ0n) is 10.2. The summed E-state index contributed by atoms with van der Waals surface area (Å²) in [6.45, 7) is 6.98. The molecule has 0 bridgehead atoms. The Labute approximate surface area is 120 Å². The third kappa shape index (κ3) is 2.85. The third-order valence-electron chi connectivity index (χ3n) is 3.13. The van der Waals surface area contributed by atoms with Gasteiger partial charge in [0.15, 0.2) is 0 Å². The van der Waals surface area contributed by atoms with Gasteiger partial charge >= 0.3 is 0 Å². The molecule has 0 saturated carbocycles. The summed E-state index contributed by atoms with van der Waals surface area (Å²) in [6.07, 6.45) is 0. The average molecular weight is 363 g/mol. The summed E-state index contributed by atoms with van der Waals surface area (Å²) in [4.78, 5) is 2.44. The minimum atomic E-state index is 0.0516. The van der Waals surface area contributed by atoms with Crippen LogP contribution in [0.5, 0.6) is 0 Å². The number of rotatable bonds is 2. The Kier molecular flexibility index (Phi) is 4.16. The first-order valence-electron chi connectivity index (χ1n) is 5.74. The average Bonchev–Trinajstić information content (AvgIpc) is 2.28. The van der Waals surface area contributed by atoms with Crippen LogP contribution in [-0.2, 0) is 10.1 Å². The second-order valence-electron chi connectivity index (χ2n) is 4.92. The lowest BCUT2D eigenvalue weighted by Gasteiger charge is -2.44. The van der Waals surface area contributed by atoms with Gasteiger partial charge in [-0.2, -0.15) is 0 Å². The highest BCUT2D eigenvalue weighted by Crippen LogP contribution is 2.33. The van der Waals surface area contributed by atoms with E-state index in [1.54, 1.807) is 0 Å². The van der Waals surface area contributed by atoms with Crippen LogP contribution in [-0.4, -0.2) is 25.3 Å². The van der Waals surface area contributed by atoms with Crippen molar-refractivity contribution < 1.29 is 4.74 Å². The summed E-state index contributed by atoms with van der Waals surface area (Å²) in [6, 6.07) is 6.46. The Balaban J connectivity index is 2.40. The number of ether oxygens (including phenoxy) is 1. The summed E-state index contributed by atoms with van der Waals surface area (Å²) in [5, 5.41) is 0.878. The van der Waals surface area contributed by atoms with Crippen molar-refractivity contribution in [2.24, 2.45) is 0 Å². The first-order chi connectivity index (χ1) is 8.04. The summed E-state index contributed by atoms with van der Waals surface area (Å²) < 4.78 is 6.70. The molecule has 0 aliphatic carbocycles. The maximum Gasteiger partial charge on any atom is 0.0694 e. The second-order valence-corrected chi connectivity index (χ2v) is 6.40. The van der Waals surface area contributed by atoms with E-state index in [1.165, 1.54) is 11.3 Å². The molecule has 0 unspecified atom stereocenters. The monoisotopic (exact) mass is 361 g/mol. The molecule has 0 atom stereocenters. The lowest BCUT2D eigenvalue weighted by Crippen LogP contribution is -2.53. The number of hydrogen-bond donors (Lipinski definition) is 0. The minimum Gasteiger partial charge on any atom is -0.377 e. The predicted molar refractivity (Wildman–Crippen MR) is 79.0 cm³/mol. The van der Waals surface area contributed by atoms with E-state index in [0.717, 1.165) is 29.6 Å². The van der Waals surface area contributed by atoms with Crippen molar-refractivity contribution >= 4 is 37.5 Å². The van der Waals surface area contributed by atoms with Gasteiger partial charge in [-0.25, -0.2) is 0 Å². The molecule has 0 spiro atoms. The van der Waals surface area contributed by atoms with E-state index in [4.69, 9.17) is 4.74 Å². The molecule has 0 amide bonds. The normalized spacial score (nSPS) is 19.4. The number of hydrogen-bond acceptors (Lipinski definition) is 2. The zero-order chi connectivity index (χ0) is 12.5. The number of morpholine rings is 1. The number of nitrogens with zero attached hydrogens (tertiary/aromatic N) is 1. The van der Waals surface area contributed by atoms with Crippen molar-refractivity contribution in [2.45, 2.75) is 24.7 Å². The van der Waals surface area contributed by atoms with Crippen LogP contribution in [0.4, 0.5) is 5.69 Å². The van der Waals surface area contributed by atoms with E-state index in [9.17, 15) is 0 Å². The van der Waals surface area contributed by atoms with E-state index >= 15 is 0 Å². The molecule has 2 rings (SSSR count). The number of halogens is 2. The molecule has 0 radical (unpaired) electrons. The van der Waals surface area contributed by atoms with Gasteiger partial charge in [-0.1, -0.05) is 37.9 Å². The maximum absolute atomic E-state index is 5.58. The van der Waals surface area contributed by atoms with E-state index in [2.05, 4.69) is 68.8 Å². The third-order valence-corrected chi connectivity index (χ3v) is 4.22. The van der Waals surface area contributed by atoms with Gasteiger partial charge in [0.05, 0.1) is 18.8 Å². The van der Waals surface area contributed by atoms with Crippen LogP contribution in [0.3, 0.4) is 0 Å². The molecule has 1 aliphatic rings. The highest BCUT2D eigenvalue weighted by molar-refractivity contribution is 9.10. The Morgan fingerprint density at radius 3 is 2.82 bits per heavy atom. The van der Waals surface area contributed by atoms with Crippen LogP contribution in [0, 0.1) is 0 Å². The van der Waals surface area contributed by atoms with E-state index < -0.39 is 0 Å². The predicted octanol–water partition coefficient (Wildman–Crippen LogP) is 3.96. The molecule has 1 aromatic rings. The quantitative estimate of drug-likeness (QED) is 0.738. The van der Waals surface area contributed by atoms with E-state index in [1.807, 2.05) is 0 Å². The Bertz CT molecular complexity index is 406. The molecule has 1 heterocycles. The molecule has 0 aromatic heterocycles. The van der Waals surface area contributed by atoms with Crippen LogP contribution >= 0.6 is 31.9 Å². The fourth-order valence-corrected chi connectivity index (χ4v) is 3.03. The highest BCUT2D eigenvalue weighted by atomic mass is 79.9. The molecule has 0 N–H and O–H groups in total. The maximum atomic E-state index is 5.58. The topological polar surface area (TPSA) is 12.5 Å². The first-order valence-corrected chi connectivity index (χ1v) is 7.66. The van der Waals surface area contributed by atoms with Gasteiger partial charge in [0, 0.05) is 22.0 Å². The van der Waals surface area contributed by atoms with Crippen LogP contribution in [0.15, 0.2) is 22.7 Å². The minimum absolute atomic E-state index is 0.0516. The van der Waals surface area contributed by atoms with Crippen molar-refractivity contribution in [3.05, 3.63) is 28.2 Å². The van der Waals surface area contributed by atoms with Gasteiger partial charge in [0.25, 0.3) is 0 Å². The van der Waals surface area contributed by atoms with Gasteiger partial charge in [-0.05, 0) is 31.5 Å². The molecule has 1 fully saturated rings. The van der Waals surface area contributed by atoms with Gasteiger partial charge in [0.2, 0.25) is 0 Å². The largest absolute Gasteiger partial charge is 0.377 e. The van der Waals surface area contributed by atoms with Gasteiger partial charge in [-0.3, -0.25) is 0 Å². The summed E-state index contributed by atoms with van der Waals surface area (Å²) in [5.74, 6) is 0. The molecule has 17 heavy (non-hydrogen) atoms. The van der Waals surface area contributed by atoms with Crippen LogP contribution in [0.25, 0.3) is 0 Å². The zero-order valence-corrected chi connectivity index (χ0v) is 13.3. The van der Waals surface area contributed by atoms with Crippen molar-refractivity contribution in [3.8, 4) is 0 Å². The van der Waals surface area contributed by atoms with Crippen LogP contribution in [0.1, 0.15) is 19.4 Å². The lowest BCUT2D eigenvalue weighted by molar-refractivity contribution is 0.0643. The smallest absolute Gasteiger partial charge is 0.0694 e. The number of benzene rings is 1. The Morgan fingerprint density at radius 2 is 2.18 bits per heavy atom. The molecule has 1 saturated heterocycles. The molecular weight excluding hydrogens is 346 g/mol. The van der Waals surface area contributed by atoms with Crippen molar-refractivity contribution in [1.82, 2.24) is 0 Å². The molecule has 94 valence electrons. The van der Waals surface area contributed by atoms with Crippen molar-refractivity contribution in [3.63, 3.8) is 0 Å². The SMILES string of the molecule is CC1(C)COCCN1c1cc(Br)ccc1CBr. The number of anilines is 1. The molecule has 1 aliphatic heterocycles. The van der Waals surface area contributed by atoms with E-state index in [-0.39, 0.29) is 5.54 Å². The van der Waals surface area contributed by atoms with Gasteiger partial charge < -0.3 is 9.64 Å². The standard InChI is InChI=1S/C13H17Br2NO/c1-13(2)9-17-6-5-16(13)12-7-11(15)4-3-10(12)8-14/h3-4,7H,5-6,8-9H2,1-2H3. The second kappa shape index (κ2) is 5.29. The number of alkyl halides is 1. The van der Waals surface area contributed by atoms with Crippen LogP contribution in [0.2, 0.25) is 0 Å². The van der Waals surface area contributed by atoms with Crippen molar-refractivity contribution in [1.29, 1.82) is 0 Å². The summed E-state index contributed by atoms with van der Waals surface area (Å²) >= 11 is 7.12. The molecule has 4 heteroatoms. The summed E-state index contributed by atoms with van der Waals surface area (Å²) in [5.41, 5.74) is 2.67. The van der Waals surface area contributed by atoms with E-state index in [0.29, 0.717) is 0 Å². The van der Waals surface area contributed by atoms with Crippen molar-refractivity contribution in [2.75, 3.05) is 24.7 Å². The fourth-order valence-electron chi connectivity index (χ4n) is 2.21. The van der Waals surface area contributed by atoms with Crippen LogP contribution < -0.4 is 4.90 Å².